The van der Waals surface area contributed by atoms with Crippen LogP contribution in [0.25, 0.3) is 0 Å². The molecule has 0 spiro atoms. The van der Waals surface area contributed by atoms with Crippen LogP contribution in [0.15, 0.2) is 72.3 Å². The number of hydrogen-bond donors (Lipinski definition) is 0. The number of hydrogen-bond acceptors (Lipinski definition) is 4. The van der Waals surface area contributed by atoms with Crippen LogP contribution in [0.2, 0.25) is 0 Å². The standard InChI is InChI=1S/C45H62O4/c1-40(2)27-34-33-19-20-35-42(4)23-22-37(48-29-31-15-11-9-12-16-31)45(7,39(46)47-8)36(42)21-24-44(35,6)43(33,5)26-25-41(34,3)38(28-40)49-30-32-17-13-10-14-18-32/h9-19,34-38H,20-30H2,1-8H3/t34-,35-,36?,37+,38-,41-,42-,43-,44-,45+/m1/s1. The number of ether oxygens (including phenoxy) is 3. The minimum absolute atomic E-state index is 0.0293. The average Bonchev–Trinajstić information content (AvgIpc) is 3.08. The van der Waals surface area contributed by atoms with E-state index in [0.29, 0.717) is 25.0 Å². The molecule has 0 saturated heterocycles. The van der Waals surface area contributed by atoms with Crippen LogP contribution in [-0.4, -0.2) is 25.3 Å². The zero-order valence-electron chi connectivity index (χ0n) is 31.6. The molecule has 4 fully saturated rings. The van der Waals surface area contributed by atoms with E-state index in [0.717, 1.165) is 44.1 Å². The highest BCUT2D eigenvalue weighted by Crippen LogP contribution is 2.76. The highest BCUT2D eigenvalue weighted by Gasteiger charge is 2.70. The quantitative estimate of drug-likeness (QED) is 0.218. The van der Waals surface area contributed by atoms with Crippen LogP contribution in [0.1, 0.15) is 117 Å². The summed E-state index contributed by atoms with van der Waals surface area (Å²) in [5, 5.41) is 0. The molecule has 0 bridgehead atoms. The molecule has 0 N–H and O–H groups in total. The highest BCUT2D eigenvalue weighted by atomic mass is 16.5. The van der Waals surface area contributed by atoms with Crippen molar-refractivity contribution in [3.8, 4) is 0 Å². The lowest BCUT2D eigenvalue weighted by atomic mass is 9.33. The first-order valence-electron chi connectivity index (χ1n) is 19.3. The van der Waals surface area contributed by atoms with E-state index in [1.807, 2.05) is 6.07 Å². The van der Waals surface area contributed by atoms with Crippen LogP contribution in [0.4, 0.5) is 0 Å². The zero-order chi connectivity index (χ0) is 34.9. The predicted octanol–water partition coefficient (Wildman–Crippen LogP) is 10.7. The third kappa shape index (κ3) is 5.40. The number of allylic oxidation sites excluding steroid dienone is 2. The molecule has 7 rings (SSSR count). The van der Waals surface area contributed by atoms with Crippen molar-refractivity contribution in [1.82, 2.24) is 0 Å². The highest BCUT2D eigenvalue weighted by molar-refractivity contribution is 5.78. The Morgan fingerprint density at radius 3 is 1.92 bits per heavy atom. The van der Waals surface area contributed by atoms with E-state index < -0.39 is 5.41 Å². The largest absolute Gasteiger partial charge is 0.469 e. The molecule has 2 aromatic carbocycles. The van der Waals surface area contributed by atoms with E-state index in [1.54, 1.807) is 12.7 Å². The molecule has 0 aromatic heterocycles. The number of rotatable bonds is 7. The maximum Gasteiger partial charge on any atom is 0.314 e. The van der Waals surface area contributed by atoms with E-state index in [4.69, 9.17) is 14.2 Å². The van der Waals surface area contributed by atoms with Crippen LogP contribution < -0.4 is 0 Å². The molecule has 4 nitrogen and oxygen atoms in total. The molecular formula is C45H62O4. The molecule has 266 valence electrons. The van der Waals surface area contributed by atoms with E-state index in [9.17, 15) is 4.79 Å². The maximum absolute atomic E-state index is 13.9. The van der Waals surface area contributed by atoms with Crippen LogP contribution >= 0.6 is 0 Å². The van der Waals surface area contributed by atoms with Crippen molar-refractivity contribution in [2.45, 2.75) is 132 Å². The third-order valence-corrected chi connectivity index (χ3v) is 15.9. The number of methoxy groups -OCH3 is 1. The predicted molar refractivity (Wildman–Crippen MR) is 196 cm³/mol. The summed E-state index contributed by atoms with van der Waals surface area (Å²) >= 11 is 0. The number of benzene rings is 2. The van der Waals surface area contributed by atoms with Gasteiger partial charge in [0.2, 0.25) is 0 Å². The SMILES string of the molecule is COC(=O)[C@@]1(C)C2CC[C@]3(C)[C@H](CC=C4[C@H]5CC(C)(C)C[C@@H](OCc6ccccc6)[C@]5(C)CC[C@]43C)[C@@]2(C)CC[C@@H]1OCc1ccccc1. The van der Waals surface area contributed by atoms with Gasteiger partial charge >= 0.3 is 5.97 Å². The topological polar surface area (TPSA) is 44.8 Å². The Hall–Kier alpha value is -2.43. The maximum atomic E-state index is 13.9. The lowest BCUT2D eigenvalue weighted by Crippen LogP contribution is -2.67. The van der Waals surface area contributed by atoms with Gasteiger partial charge in [0, 0.05) is 5.41 Å². The minimum atomic E-state index is -0.676. The summed E-state index contributed by atoms with van der Waals surface area (Å²) in [5.74, 6) is 1.17. The van der Waals surface area contributed by atoms with Gasteiger partial charge in [0.1, 0.15) is 0 Å². The Labute approximate surface area is 296 Å². The normalized spacial score (nSPS) is 42.4. The molecule has 2 aromatic rings. The molecule has 0 aliphatic heterocycles. The van der Waals surface area contributed by atoms with Crippen molar-refractivity contribution in [3.05, 3.63) is 83.4 Å². The van der Waals surface area contributed by atoms with Gasteiger partial charge in [-0.3, -0.25) is 4.79 Å². The van der Waals surface area contributed by atoms with Gasteiger partial charge in [0.15, 0.2) is 0 Å². The number of fused-ring (bicyclic) bond motifs is 7. The van der Waals surface area contributed by atoms with Crippen molar-refractivity contribution in [2.75, 3.05) is 7.11 Å². The van der Waals surface area contributed by atoms with Crippen LogP contribution in [-0.2, 0) is 32.2 Å². The molecule has 5 aliphatic rings. The first kappa shape index (κ1) is 35.0. The van der Waals surface area contributed by atoms with Crippen molar-refractivity contribution in [2.24, 2.45) is 50.2 Å². The Balaban J connectivity index is 1.19. The molecule has 0 heterocycles. The van der Waals surface area contributed by atoms with Crippen LogP contribution in [0.3, 0.4) is 0 Å². The summed E-state index contributed by atoms with van der Waals surface area (Å²) in [5.41, 5.74) is 4.17. The second kappa shape index (κ2) is 12.4. The smallest absolute Gasteiger partial charge is 0.314 e. The second-order valence-corrected chi connectivity index (χ2v) is 18.8. The molecule has 0 radical (unpaired) electrons. The molecular weight excluding hydrogens is 604 g/mol. The van der Waals surface area contributed by atoms with Gasteiger partial charge in [-0.2, -0.15) is 0 Å². The zero-order valence-corrected chi connectivity index (χ0v) is 31.6. The van der Waals surface area contributed by atoms with Crippen LogP contribution in [0.5, 0.6) is 0 Å². The average molecular weight is 667 g/mol. The van der Waals surface area contributed by atoms with Crippen LogP contribution in [0, 0.1) is 50.2 Å². The minimum Gasteiger partial charge on any atom is -0.469 e. The van der Waals surface area contributed by atoms with Gasteiger partial charge in [0.25, 0.3) is 0 Å². The first-order chi connectivity index (χ1) is 23.2. The van der Waals surface area contributed by atoms with Gasteiger partial charge in [0.05, 0.1) is 37.9 Å². The van der Waals surface area contributed by atoms with Gasteiger partial charge in [-0.05, 0) is 115 Å². The molecule has 10 atom stereocenters. The molecule has 4 heteroatoms. The fourth-order valence-corrected chi connectivity index (χ4v) is 12.9. The van der Waals surface area contributed by atoms with Gasteiger partial charge in [-0.1, -0.05) is 114 Å². The molecule has 1 unspecified atom stereocenters. The summed E-state index contributed by atoms with van der Waals surface area (Å²) in [7, 11) is 1.57. The second-order valence-electron chi connectivity index (χ2n) is 18.8. The van der Waals surface area contributed by atoms with Gasteiger partial charge in [-0.15, -0.1) is 0 Å². The summed E-state index contributed by atoms with van der Waals surface area (Å²) in [6.07, 6.45) is 12.9. The Morgan fingerprint density at radius 1 is 0.694 bits per heavy atom. The molecule has 5 aliphatic carbocycles. The van der Waals surface area contributed by atoms with Crippen molar-refractivity contribution < 1.29 is 19.0 Å². The third-order valence-electron chi connectivity index (χ3n) is 15.9. The summed E-state index contributed by atoms with van der Waals surface area (Å²) < 4.78 is 19.3. The number of carbonyl (C=O) groups excluding carboxylic acids is 1. The summed E-state index contributed by atoms with van der Waals surface area (Å²) in [6.45, 7) is 18.7. The lowest BCUT2D eigenvalue weighted by Gasteiger charge is -2.71. The monoisotopic (exact) mass is 666 g/mol. The molecule has 0 amide bonds. The van der Waals surface area contributed by atoms with E-state index in [1.165, 1.54) is 24.8 Å². The molecule has 49 heavy (non-hydrogen) atoms. The lowest BCUT2D eigenvalue weighted by molar-refractivity contribution is -0.229. The first-order valence-corrected chi connectivity index (χ1v) is 19.3. The molecule has 4 saturated carbocycles. The van der Waals surface area contributed by atoms with Crippen molar-refractivity contribution >= 4 is 5.97 Å². The summed E-state index contributed by atoms with van der Waals surface area (Å²) in [6, 6.07) is 21.1. The fourth-order valence-electron chi connectivity index (χ4n) is 12.9. The van der Waals surface area contributed by atoms with Gasteiger partial charge in [-0.25, -0.2) is 0 Å². The number of esters is 1. The van der Waals surface area contributed by atoms with E-state index in [-0.39, 0.29) is 51.2 Å². The van der Waals surface area contributed by atoms with Crippen molar-refractivity contribution in [3.63, 3.8) is 0 Å². The summed E-state index contributed by atoms with van der Waals surface area (Å²) in [4.78, 5) is 13.9. The fraction of sp³-hybridized carbons (Fsp3) is 0.667. The van der Waals surface area contributed by atoms with E-state index >= 15 is 0 Å². The Morgan fingerprint density at radius 2 is 1.31 bits per heavy atom. The van der Waals surface area contributed by atoms with Gasteiger partial charge < -0.3 is 14.2 Å². The van der Waals surface area contributed by atoms with Crippen molar-refractivity contribution in [1.29, 1.82) is 0 Å². The Kier molecular flexibility index (Phi) is 8.83. The van der Waals surface area contributed by atoms with E-state index in [2.05, 4.69) is 109 Å². The number of carbonyl (C=O) groups is 1. The Bertz CT molecular complexity index is 1550.